The summed E-state index contributed by atoms with van der Waals surface area (Å²) in [5.41, 5.74) is -2.30. The van der Waals surface area contributed by atoms with Crippen molar-refractivity contribution < 1.29 is 23.1 Å². The molecule has 154 valence electrons. The Kier molecular flexibility index (Phi) is 7.48. The second-order valence-electron chi connectivity index (χ2n) is 6.73. The molecule has 2 aromatic rings. The summed E-state index contributed by atoms with van der Waals surface area (Å²) in [5, 5.41) is 17.9. The average molecular weight is 416 g/mol. The highest BCUT2D eigenvalue weighted by Gasteiger charge is 2.35. The summed E-state index contributed by atoms with van der Waals surface area (Å²) in [7, 11) is 0. The highest BCUT2D eigenvalue weighted by Crippen LogP contribution is 2.34. The number of benzene rings is 1. The molecule has 6 nitrogen and oxygen atoms in total. The van der Waals surface area contributed by atoms with Crippen LogP contribution >= 0.6 is 11.8 Å². The average Bonchev–Trinajstić information content (AvgIpc) is 3.10. The summed E-state index contributed by atoms with van der Waals surface area (Å²) in [6.07, 6.45) is -1.58. The number of alkyl halides is 3. The van der Waals surface area contributed by atoms with Gasteiger partial charge in [-0.25, -0.2) is 9.67 Å². The van der Waals surface area contributed by atoms with E-state index in [0.717, 1.165) is 12.1 Å². The zero-order valence-corrected chi connectivity index (χ0v) is 16.4. The summed E-state index contributed by atoms with van der Waals surface area (Å²) < 4.78 is 40.6. The van der Waals surface area contributed by atoms with Gasteiger partial charge in [-0.15, -0.1) is 0 Å². The van der Waals surface area contributed by atoms with Crippen LogP contribution in [0.4, 0.5) is 13.2 Å². The molecule has 28 heavy (non-hydrogen) atoms. The first-order valence-electron chi connectivity index (χ1n) is 8.70. The molecule has 0 saturated carbocycles. The smallest absolute Gasteiger partial charge is 0.382 e. The van der Waals surface area contributed by atoms with Crippen molar-refractivity contribution in [2.24, 2.45) is 0 Å². The minimum absolute atomic E-state index is 0.0341. The molecule has 2 N–H and O–H groups in total. The Morgan fingerprint density at radius 3 is 2.64 bits per heavy atom. The number of hydrogen-bond acceptors (Lipinski definition) is 5. The van der Waals surface area contributed by atoms with Crippen LogP contribution in [-0.4, -0.2) is 43.3 Å². The molecular formula is C18H23F3N4O2S. The fourth-order valence-corrected chi connectivity index (χ4v) is 3.66. The number of aliphatic hydroxyl groups is 1. The highest BCUT2D eigenvalue weighted by atomic mass is 32.2. The number of aromatic nitrogens is 3. The predicted octanol–water partition coefficient (Wildman–Crippen LogP) is 2.83. The quantitative estimate of drug-likeness (QED) is 0.615. The van der Waals surface area contributed by atoms with Crippen LogP contribution in [0.5, 0.6) is 0 Å². The van der Waals surface area contributed by atoms with E-state index in [-0.39, 0.29) is 36.2 Å². The van der Waals surface area contributed by atoms with Gasteiger partial charge in [0.15, 0.2) is 0 Å². The van der Waals surface area contributed by atoms with Gasteiger partial charge in [0.2, 0.25) is 5.91 Å². The Morgan fingerprint density at radius 1 is 1.32 bits per heavy atom. The van der Waals surface area contributed by atoms with Crippen LogP contribution < -0.4 is 5.32 Å². The molecule has 0 aliphatic carbocycles. The largest absolute Gasteiger partial charge is 0.416 e. The van der Waals surface area contributed by atoms with Crippen molar-refractivity contribution in [3.63, 3.8) is 0 Å². The lowest BCUT2D eigenvalue weighted by molar-refractivity contribution is -0.137. The zero-order chi connectivity index (χ0) is 20.8. The monoisotopic (exact) mass is 416 g/mol. The van der Waals surface area contributed by atoms with Crippen LogP contribution in [0.15, 0.2) is 36.9 Å². The third kappa shape index (κ3) is 6.52. The molecule has 1 aromatic heterocycles. The van der Waals surface area contributed by atoms with Crippen molar-refractivity contribution >= 4 is 17.7 Å². The van der Waals surface area contributed by atoms with Gasteiger partial charge in [-0.3, -0.25) is 4.79 Å². The lowest BCUT2D eigenvalue weighted by Crippen LogP contribution is -2.35. The SMILES string of the molecule is CC(C)NC(=O)CCSCC(O)(Cn1cncn1)c1cccc(C(F)(F)F)c1. The van der Waals surface area contributed by atoms with Gasteiger partial charge >= 0.3 is 6.18 Å². The highest BCUT2D eigenvalue weighted by molar-refractivity contribution is 7.99. The van der Waals surface area contributed by atoms with E-state index in [0.29, 0.717) is 5.75 Å². The van der Waals surface area contributed by atoms with Gasteiger partial charge in [-0.2, -0.15) is 30.0 Å². The summed E-state index contributed by atoms with van der Waals surface area (Å²) in [5.74, 6) is 0.418. The van der Waals surface area contributed by atoms with Gasteiger partial charge in [0.05, 0.1) is 12.1 Å². The van der Waals surface area contributed by atoms with Crippen LogP contribution in [0.25, 0.3) is 0 Å². The van der Waals surface area contributed by atoms with Crippen molar-refractivity contribution in [3.05, 3.63) is 48.0 Å². The number of halogens is 3. The van der Waals surface area contributed by atoms with E-state index in [9.17, 15) is 23.1 Å². The molecule has 0 radical (unpaired) electrons. The number of nitrogens with one attached hydrogen (secondary N) is 1. The minimum Gasteiger partial charge on any atom is -0.382 e. The van der Waals surface area contributed by atoms with Gasteiger partial charge in [-0.1, -0.05) is 12.1 Å². The molecule has 0 spiro atoms. The van der Waals surface area contributed by atoms with Crippen molar-refractivity contribution in [1.29, 1.82) is 0 Å². The van der Waals surface area contributed by atoms with Crippen LogP contribution in [0.2, 0.25) is 0 Å². The first-order valence-corrected chi connectivity index (χ1v) is 9.85. The zero-order valence-electron chi connectivity index (χ0n) is 15.6. The molecule has 0 fully saturated rings. The van der Waals surface area contributed by atoms with E-state index in [4.69, 9.17) is 0 Å². The maximum atomic E-state index is 13.1. The van der Waals surface area contributed by atoms with Crippen LogP contribution in [0, 0.1) is 0 Å². The number of amides is 1. The molecule has 1 atom stereocenters. The molecule has 1 unspecified atom stereocenters. The number of carbonyl (C=O) groups is 1. The Hall–Kier alpha value is -2.07. The Bertz CT molecular complexity index is 768. The number of carbonyl (C=O) groups excluding carboxylic acids is 1. The van der Waals surface area contributed by atoms with Crippen LogP contribution in [-0.2, 0) is 23.1 Å². The van der Waals surface area contributed by atoms with E-state index in [1.807, 2.05) is 13.8 Å². The van der Waals surface area contributed by atoms with E-state index >= 15 is 0 Å². The van der Waals surface area contributed by atoms with Crippen LogP contribution in [0.1, 0.15) is 31.4 Å². The Balaban J connectivity index is 2.13. The topological polar surface area (TPSA) is 80.0 Å². The molecule has 1 amide bonds. The number of thioether (sulfide) groups is 1. The number of nitrogens with zero attached hydrogens (tertiary/aromatic N) is 3. The molecule has 1 aromatic carbocycles. The molecule has 0 aliphatic rings. The van der Waals surface area contributed by atoms with Crippen molar-refractivity contribution in [1.82, 2.24) is 20.1 Å². The van der Waals surface area contributed by atoms with E-state index in [1.165, 1.54) is 41.2 Å². The first-order chi connectivity index (χ1) is 13.1. The van der Waals surface area contributed by atoms with Gasteiger partial charge < -0.3 is 10.4 Å². The molecule has 0 saturated heterocycles. The predicted molar refractivity (Wildman–Crippen MR) is 101 cm³/mol. The molecule has 1 heterocycles. The second-order valence-corrected chi connectivity index (χ2v) is 7.83. The van der Waals surface area contributed by atoms with E-state index in [1.54, 1.807) is 0 Å². The van der Waals surface area contributed by atoms with Crippen molar-refractivity contribution in [2.75, 3.05) is 11.5 Å². The van der Waals surface area contributed by atoms with Gasteiger partial charge in [-0.05, 0) is 31.5 Å². The molecular weight excluding hydrogens is 393 g/mol. The normalized spacial score (nSPS) is 14.1. The fourth-order valence-electron chi connectivity index (χ4n) is 2.59. The fraction of sp³-hybridized carbons (Fsp3) is 0.500. The number of rotatable bonds is 9. The van der Waals surface area contributed by atoms with Crippen molar-refractivity contribution in [3.8, 4) is 0 Å². The standard InChI is InChI=1S/C18H23F3N4O2S/c1-13(2)24-16(26)6-7-28-10-17(27,9-25-12-22-11-23-25)14-4-3-5-15(8-14)18(19,20)21/h3-5,8,11-13,27H,6-7,9-10H2,1-2H3,(H,24,26). The molecule has 0 aliphatic heterocycles. The minimum atomic E-state index is -4.51. The summed E-state index contributed by atoms with van der Waals surface area (Å²) >= 11 is 1.29. The Morgan fingerprint density at radius 2 is 2.04 bits per heavy atom. The third-order valence-corrected chi connectivity index (χ3v) is 5.06. The lowest BCUT2D eigenvalue weighted by Gasteiger charge is -2.29. The van der Waals surface area contributed by atoms with Gasteiger partial charge in [0, 0.05) is 24.0 Å². The summed E-state index contributed by atoms with van der Waals surface area (Å²) in [6.45, 7) is 3.66. The maximum absolute atomic E-state index is 13.1. The summed E-state index contributed by atoms with van der Waals surface area (Å²) in [4.78, 5) is 15.5. The third-order valence-electron chi connectivity index (χ3n) is 3.88. The second kappa shape index (κ2) is 9.42. The van der Waals surface area contributed by atoms with E-state index < -0.39 is 17.3 Å². The molecule has 10 heteroatoms. The van der Waals surface area contributed by atoms with Crippen LogP contribution in [0.3, 0.4) is 0 Å². The molecule has 2 rings (SSSR count). The molecule has 0 bridgehead atoms. The van der Waals surface area contributed by atoms with Crippen molar-refractivity contribution in [2.45, 2.75) is 44.6 Å². The maximum Gasteiger partial charge on any atom is 0.416 e. The van der Waals surface area contributed by atoms with E-state index in [2.05, 4.69) is 15.4 Å². The van der Waals surface area contributed by atoms with Gasteiger partial charge in [0.1, 0.15) is 18.3 Å². The summed E-state index contributed by atoms with van der Waals surface area (Å²) in [6, 6.07) is 4.67. The lowest BCUT2D eigenvalue weighted by atomic mass is 9.94. The number of hydrogen-bond donors (Lipinski definition) is 2. The Labute approximate surface area is 165 Å². The first kappa shape index (κ1) is 22.2. The van der Waals surface area contributed by atoms with Gasteiger partial charge in [0.25, 0.3) is 0 Å².